The molecule has 2 aromatic carbocycles. The van der Waals surface area contributed by atoms with Crippen molar-refractivity contribution in [3.63, 3.8) is 0 Å². The van der Waals surface area contributed by atoms with E-state index in [9.17, 15) is 9.59 Å². The number of carbonyl (C=O) groups excluding carboxylic acids is 2. The highest BCUT2D eigenvalue weighted by Crippen LogP contribution is 2.20. The number of nitrogens with zero attached hydrogens (tertiary/aromatic N) is 1. The third-order valence-electron chi connectivity index (χ3n) is 5.65. The lowest BCUT2D eigenvalue weighted by molar-refractivity contribution is -0.139. The van der Waals surface area contributed by atoms with Crippen LogP contribution in [0.2, 0.25) is 0 Å². The lowest BCUT2D eigenvalue weighted by Crippen LogP contribution is -2.40. The molecule has 1 fully saturated rings. The highest BCUT2D eigenvalue weighted by Gasteiger charge is 2.12. The standard InChI is InChI=1S/C25H33N3O3/c1-31-23-14-10-21(11-15-23)19-27-25(30)24(29)26-16-6-7-20-8-12-22(13-9-20)28-17-4-2-3-5-18-28/h8-15H,2-7,16-19H2,1H3,(H,26,29)(H,27,30). The molecule has 0 unspecified atom stereocenters. The number of ether oxygens (including phenoxy) is 1. The number of nitrogens with one attached hydrogen (secondary N) is 2. The number of aryl methyl sites for hydroxylation is 1. The van der Waals surface area contributed by atoms with Crippen molar-refractivity contribution >= 4 is 17.5 Å². The fourth-order valence-electron chi connectivity index (χ4n) is 3.78. The van der Waals surface area contributed by atoms with Crippen LogP contribution in [0.1, 0.15) is 43.2 Å². The molecule has 1 aliphatic rings. The summed E-state index contributed by atoms with van der Waals surface area (Å²) in [4.78, 5) is 26.4. The zero-order chi connectivity index (χ0) is 21.9. The molecular formula is C25H33N3O3. The molecule has 0 aromatic heterocycles. The van der Waals surface area contributed by atoms with Crippen LogP contribution >= 0.6 is 0 Å². The number of benzene rings is 2. The minimum absolute atomic E-state index is 0.305. The summed E-state index contributed by atoms with van der Waals surface area (Å²) in [5.74, 6) is -0.452. The highest BCUT2D eigenvalue weighted by atomic mass is 16.5. The van der Waals surface area contributed by atoms with E-state index in [1.165, 1.54) is 36.9 Å². The number of carbonyl (C=O) groups is 2. The quantitative estimate of drug-likeness (QED) is 0.504. The Kier molecular flexibility index (Phi) is 8.76. The van der Waals surface area contributed by atoms with Crippen LogP contribution in [0.15, 0.2) is 48.5 Å². The Morgan fingerprint density at radius 3 is 2.10 bits per heavy atom. The summed E-state index contributed by atoms with van der Waals surface area (Å²) in [5, 5.41) is 5.34. The minimum atomic E-state index is -0.613. The molecule has 0 aliphatic carbocycles. The van der Waals surface area contributed by atoms with E-state index in [2.05, 4.69) is 39.8 Å². The minimum Gasteiger partial charge on any atom is -0.497 e. The van der Waals surface area contributed by atoms with Crippen LogP contribution in [-0.2, 0) is 22.6 Å². The molecule has 1 heterocycles. The van der Waals surface area contributed by atoms with Crippen LogP contribution in [0.5, 0.6) is 5.75 Å². The van der Waals surface area contributed by atoms with Crippen molar-refractivity contribution in [3.8, 4) is 5.75 Å². The largest absolute Gasteiger partial charge is 0.497 e. The Labute approximate surface area is 185 Å². The Bertz CT molecular complexity index is 826. The predicted octanol–water partition coefficient (Wildman–Crippen LogP) is 3.44. The van der Waals surface area contributed by atoms with Gasteiger partial charge in [-0.05, 0) is 61.1 Å². The molecular weight excluding hydrogens is 390 g/mol. The maximum Gasteiger partial charge on any atom is 0.309 e. The van der Waals surface area contributed by atoms with Crippen molar-refractivity contribution < 1.29 is 14.3 Å². The van der Waals surface area contributed by atoms with E-state index in [0.717, 1.165) is 37.2 Å². The first kappa shape index (κ1) is 22.7. The van der Waals surface area contributed by atoms with Gasteiger partial charge in [-0.1, -0.05) is 37.1 Å². The lowest BCUT2D eigenvalue weighted by Gasteiger charge is -2.22. The summed E-state index contributed by atoms with van der Waals surface area (Å²) in [6, 6.07) is 16.1. The molecule has 1 saturated heterocycles. The molecule has 0 saturated carbocycles. The molecule has 2 aromatic rings. The van der Waals surface area contributed by atoms with Gasteiger partial charge in [0.25, 0.3) is 0 Å². The number of anilines is 1. The number of hydrogen-bond donors (Lipinski definition) is 2. The van der Waals surface area contributed by atoms with Gasteiger partial charge in [-0.25, -0.2) is 0 Å². The molecule has 2 N–H and O–H groups in total. The number of methoxy groups -OCH3 is 1. The number of amides is 2. The van der Waals surface area contributed by atoms with Crippen LogP contribution in [0.4, 0.5) is 5.69 Å². The van der Waals surface area contributed by atoms with Gasteiger partial charge in [0.2, 0.25) is 0 Å². The average Bonchev–Trinajstić information content (AvgIpc) is 3.10. The monoisotopic (exact) mass is 423 g/mol. The first-order valence-electron chi connectivity index (χ1n) is 11.2. The summed E-state index contributed by atoms with van der Waals surface area (Å²) >= 11 is 0. The van der Waals surface area contributed by atoms with Crippen LogP contribution in [0.25, 0.3) is 0 Å². The van der Waals surface area contributed by atoms with Crippen LogP contribution in [-0.4, -0.2) is 38.6 Å². The van der Waals surface area contributed by atoms with E-state index in [1.807, 2.05) is 24.3 Å². The van der Waals surface area contributed by atoms with Gasteiger partial charge in [0.05, 0.1) is 7.11 Å². The molecule has 0 atom stereocenters. The molecule has 0 spiro atoms. The van der Waals surface area contributed by atoms with Crippen LogP contribution in [0, 0.1) is 0 Å². The normalized spacial score (nSPS) is 13.9. The smallest absolute Gasteiger partial charge is 0.309 e. The summed E-state index contributed by atoms with van der Waals surface area (Å²) in [6.45, 7) is 3.07. The van der Waals surface area contributed by atoms with E-state index < -0.39 is 11.8 Å². The van der Waals surface area contributed by atoms with Crippen molar-refractivity contribution in [2.24, 2.45) is 0 Å². The third-order valence-corrected chi connectivity index (χ3v) is 5.65. The van der Waals surface area contributed by atoms with Gasteiger partial charge in [-0.3, -0.25) is 9.59 Å². The van der Waals surface area contributed by atoms with E-state index in [4.69, 9.17) is 4.74 Å². The maximum absolute atomic E-state index is 12.0. The Balaban J connectivity index is 1.33. The number of hydrogen-bond acceptors (Lipinski definition) is 4. The van der Waals surface area contributed by atoms with Crippen molar-refractivity contribution in [1.82, 2.24) is 10.6 Å². The van der Waals surface area contributed by atoms with Crippen molar-refractivity contribution in [2.75, 3.05) is 31.6 Å². The van der Waals surface area contributed by atoms with E-state index >= 15 is 0 Å². The van der Waals surface area contributed by atoms with Gasteiger partial charge in [-0.15, -0.1) is 0 Å². The highest BCUT2D eigenvalue weighted by molar-refractivity contribution is 6.35. The molecule has 31 heavy (non-hydrogen) atoms. The molecule has 2 amide bonds. The molecule has 1 aliphatic heterocycles. The van der Waals surface area contributed by atoms with Gasteiger partial charge in [0.15, 0.2) is 0 Å². The first-order chi connectivity index (χ1) is 15.2. The fourth-order valence-corrected chi connectivity index (χ4v) is 3.78. The van der Waals surface area contributed by atoms with E-state index in [0.29, 0.717) is 13.1 Å². The summed E-state index contributed by atoms with van der Waals surface area (Å²) in [7, 11) is 1.60. The summed E-state index contributed by atoms with van der Waals surface area (Å²) < 4.78 is 5.10. The third kappa shape index (κ3) is 7.31. The van der Waals surface area contributed by atoms with E-state index in [-0.39, 0.29) is 0 Å². The fraction of sp³-hybridized carbons (Fsp3) is 0.440. The maximum atomic E-state index is 12.0. The van der Waals surface area contributed by atoms with Crippen molar-refractivity contribution in [3.05, 3.63) is 59.7 Å². The number of rotatable bonds is 8. The topological polar surface area (TPSA) is 70.7 Å². The second-order valence-corrected chi connectivity index (χ2v) is 7.96. The molecule has 0 bridgehead atoms. The first-order valence-corrected chi connectivity index (χ1v) is 11.2. The predicted molar refractivity (Wildman–Crippen MR) is 123 cm³/mol. The summed E-state index contributed by atoms with van der Waals surface area (Å²) in [6.07, 6.45) is 6.87. The van der Waals surface area contributed by atoms with Gasteiger partial charge >= 0.3 is 11.8 Å². The van der Waals surface area contributed by atoms with Crippen molar-refractivity contribution in [2.45, 2.75) is 45.1 Å². The molecule has 166 valence electrons. The molecule has 6 heteroatoms. The second kappa shape index (κ2) is 12.0. The van der Waals surface area contributed by atoms with E-state index in [1.54, 1.807) is 7.11 Å². The van der Waals surface area contributed by atoms with Crippen molar-refractivity contribution in [1.29, 1.82) is 0 Å². The molecule has 0 radical (unpaired) electrons. The zero-order valence-electron chi connectivity index (χ0n) is 18.4. The lowest BCUT2D eigenvalue weighted by atomic mass is 10.1. The Hall–Kier alpha value is -3.02. The van der Waals surface area contributed by atoms with Crippen LogP contribution in [0.3, 0.4) is 0 Å². The molecule has 6 nitrogen and oxygen atoms in total. The average molecular weight is 424 g/mol. The SMILES string of the molecule is COc1ccc(CNC(=O)C(=O)NCCCc2ccc(N3CCCCCC3)cc2)cc1. The second-order valence-electron chi connectivity index (χ2n) is 7.96. The van der Waals surface area contributed by atoms with Crippen LogP contribution < -0.4 is 20.3 Å². The Morgan fingerprint density at radius 2 is 1.45 bits per heavy atom. The van der Waals surface area contributed by atoms with Gasteiger partial charge < -0.3 is 20.3 Å². The summed E-state index contributed by atoms with van der Waals surface area (Å²) in [5.41, 5.74) is 3.45. The zero-order valence-corrected chi connectivity index (χ0v) is 18.4. The molecule has 3 rings (SSSR count). The Morgan fingerprint density at radius 1 is 0.839 bits per heavy atom. The van der Waals surface area contributed by atoms with Gasteiger partial charge in [-0.2, -0.15) is 0 Å². The van der Waals surface area contributed by atoms with Gasteiger partial charge in [0, 0.05) is 31.9 Å². The van der Waals surface area contributed by atoms with Gasteiger partial charge in [0.1, 0.15) is 5.75 Å².